The van der Waals surface area contributed by atoms with Gasteiger partial charge in [-0.15, -0.1) is 0 Å². The number of phenolic OH excluding ortho intramolecular Hbond substituents is 2. The Morgan fingerprint density at radius 1 is 0.846 bits per heavy atom. The maximum atomic E-state index is 9.64. The van der Waals surface area contributed by atoms with Gasteiger partial charge in [0, 0.05) is 23.9 Å². The maximum absolute atomic E-state index is 9.64. The number of aromatic nitrogens is 1. The highest BCUT2D eigenvalue weighted by molar-refractivity contribution is 5.85. The Hall–Kier alpha value is -3.01. The van der Waals surface area contributed by atoms with Crippen molar-refractivity contribution in [3.63, 3.8) is 0 Å². The van der Waals surface area contributed by atoms with Crippen molar-refractivity contribution in [1.29, 1.82) is 0 Å². The molecule has 4 heteroatoms. The molecule has 0 aliphatic carbocycles. The van der Waals surface area contributed by atoms with Crippen molar-refractivity contribution in [3.8, 4) is 33.8 Å². The fraction of sp³-hybridized carbons (Fsp3) is 0.227. The predicted octanol–water partition coefficient (Wildman–Crippen LogP) is 5.21. The van der Waals surface area contributed by atoms with E-state index in [9.17, 15) is 10.2 Å². The summed E-state index contributed by atoms with van der Waals surface area (Å²) < 4.78 is 0. The van der Waals surface area contributed by atoms with Crippen LogP contribution in [0.5, 0.6) is 11.5 Å². The zero-order valence-corrected chi connectivity index (χ0v) is 15.2. The minimum atomic E-state index is 0.248. The molecule has 0 fully saturated rings. The van der Waals surface area contributed by atoms with E-state index in [1.54, 1.807) is 24.3 Å². The molecule has 0 unspecified atom stereocenters. The van der Waals surface area contributed by atoms with Crippen LogP contribution in [0.15, 0.2) is 54.7 Å². The monoisotopic (exact) mass is 348 g/mol. The van der Waals surface area contributed by atoms with Crippen molar-refractivity contribution in [3.05, 3.63) is 60.3 Å². The van der Waals surface area contributed by atoms with Crippen LogP contribution in [0.1, 0.15) is 25.8 Å². The number of rotatable bonds is 6. The van der Waals surface area contributed by atoms with Crippen molar-refractivity contribution in [2.45, 2.75) is 26.7 Å². The second kappa shape index (κ2) is 7.91. The molecule has 134 valence electrons. The number of benzene rings is 2. The van der Waals surface area contributed by atoms with E-state index in [4.69, 9.17) is 0 Å². The van der Waals surface area contributed by atoms with Crippen LogP contribution in [-0.2, 0) is 6.42 Å². The van der Waals surface area contributed by atoms with Gasteiger partial charge in [0.2, 0.25) is 0 Å². The smallest absolute Gasteiger partial charge is 0.134 e. The normalized spacial score (nSPS) is 10.7. The first-order valence-electron chi connectivity index (χ1n) is 8.98. The van der Waals surface area contributed by atoms with Crippen molar-refractivity contribution in [2.75, 3.05) is 11.9 Å². The van der Waals surface area contributed by atoms with Gasteiger partial charge in [0.05, 0.1) is 0 Å². The third-order valence-corrected chi connectivity index (χ3v) is 4.42. The van der Waals surface area contributed by atoms with Gasteiger partial charge in [0.15, 0.2) is 0 Å². The Kier molecular flexibility index (Phi) is 5.42. The minimum Gasteiger partial charge on any atom is -0.508 e. The molecule has 2 aromatic carbocycles. The van der Waals surface area contributed by atoms with E-state index in [1.165, 1.54) is 5.56 Å². The molecule has 0 amide bonds. The summed E-state index contributed by atoms with van der Waals surface area (Å²) in [7, 11) is 0. The molecular formula is C22H24N2O2. The Morgan fingerprint density at radius 2 is 1.42 bits per heavy atom. The van der Waals surface area contributed by atoms with Crippen LogP contribution in [-0.4, -0.2) is 21.7 Å². The molecule has 0 saturated carbocycles. The van der Waals surface area contributed by atoms with Crippen LogP contribution in [0.4, 0.5) is 5.82 Å². The lowest BCUT2D eigenvalue weighted by Crippen LogP contribution is -2.06. The number of aromatic hydroxyl groups is 2. The first kappa shape index (κ1) is 17.8. The van der Waals surface area contributed by atoms with E-state index in [2.05, 4.69) is 24.1 Å². The number of phenols is 2. The van der Waals surface area contributed by atoms with Crippen molar-refractivity contribution >= 4 is 5.82 Å². The number of hydrogen-bond acceptors (Lipinski definition) is 4. The van der Waals surface area contributed by atoms with Crippen molar-refractivity contribution < 1.29 is 10.2 Å². The fourth-order valence-electron chi connectivity index (χ4n) is 3.12. The molecule has 3 rings (SSSR count). The molecule has 0 aliphatic rings. The summed E-state index contributed by atoms with van der Waals surface area (Å²) in [5.74, 6) is 1.36. The Balaban J connectivity index is 2.20. The third-order valence-electron chi connectivity index (χ3n) is 4.42. The molecule has 0 spiro atoms. The summed E-state index contributed by atoms with van der Waals surface area (Å²) in [5, 5.41) is 22.6. The van der Waals surface area contributed by atoms with Crippen LogP contribution >= 0.6 is 0 Å². The third kappa shape index (κ3) is 3.64. The van der Waals surface area contributed by atoms with Gasteiger partial charge in [-0.3, -0.25) is 0 Å². The summed E-state index contributed by atoms with van der Waals surface area (Å²) in [4.78, 5) is 4.69. The Bertz CT molecular complexity index is 872. The topological polar surface area (TPSA) is 65.4 Å². The molecule has 3 N–H and O–H groups in total. The van der Waals surface area contributed by atoms with Gasteiger partial charge in [-0.25, -0.2) is 4.98 Å². The van der Waals surface area contributed by atoms with Gasteiger partial charge in [-0.2, -0.15) is 0 Å². The summed E-state index contributed by atoms with van der Waals surface area (Å²) in [6, 6.07) is 14.4. The Labute approximate surface area is 154 Å². The van der Waals surface area contributed by atoms with Gasteiger partial charge < -0.3 is 15.5 Å². The van der Waals surface area contributed by atoms with Crippen LogP contribution < -0.4 is 5.32 Å². The lowest BCUT2D eigenvalue weighted by atomic mass is 9.91. The molecule has 0 atom stereocenters. The van der Waals surface area contributed by atoms with Crippen LogP contribution in [0.2, 0.25) is 0 Å². The zero-order chi connectivity index (χ0) is 18.5. The van der Waals surface area contributed by atoms with Gasteiger partial charge in [-0.1, -0.05) is 38.1 Å². The number of hydrogen-bond donors (Lipinski definition) is 3. The van der Waals surface area contributed by atoms with Gasteiger partial charge in [0.1, 0.15) is 17.3 Å². The summed E-state index contributed by atoms with van der Waals surface area (Å²) >= 11 is 0. The molecule has 1 heterocycles. The molecule has 3 aromatic rings. The largest absolute Gasteiger partial charge is 0.508 e. The van der Waals surface area contributed by atoms with E-state index in [-0.39, 0.29) is 11.5 Å². The van der Waals surface area contributed by atoms with E-state index in [0.29, 0.717) is 0 Å². The van der Waals surface area contributed by atoms with Crippen LogP contribution in [0.3, 0.4) is 0 Å². The van der Waals surface area contributed by atoms with Gasteiger partial charge in [-0.05, 0) is 53.8 Å². The number of pyridine rings is 1. The highest BCUT2D eigenvalue weighted by Gasteiger charge is 2.16. The molecular weight excluding hydrogens is 324 g/mol. The molecule has 0 bridgehead atoms. The number of nitrogens with one attached hydrogen (secondary N) is 1. The van der Waals surface area contributed by atoms with Crippen molar-refractivity contribution in [1.82, 2.24) is 4.98 Å². The van der Waals surface area contributed by atoms with E-state index in [0.717, 1.165) is 47.5 Å². The summed E-state index contributed by atoms with van der Waals surface area (Å²) in [6.45, 7) is 5.10. The lowest BCUT2D eigenvalue weighted by Gasteiger charge is -2.19. The van der Waals surface area contributed by atoms with Gasteiger partial charge in [0.25, 0.3) is 0 Å². The molecule has 1 aromatic heterocycles. The van der Waals surface area contributed by atoms with E-state index in [1.807, 2.05) is 30.5 Å². The standard InChI is InChI=1S/C22H24N2O2/c1-3-13-23-22-21(16-7-11-18(26)12-8-16)19(4-2)20(14-24-22)15-5-9-17(25)10-6-15/h5-12,14,25-26H,3-4,13H2,1-2H3,(H,23,24). The van der Waals surface area contributed by atoms with Crippen LogP contribution in [0, 0.1) is 0 Å². The van der Waals surface area contributed by atoms with E-state index >= 15 is 0 Å². The molecule has 26 heavy (non-hydrogen) atoms. The van der Waals surface area contributed by atoms with Crippen LogP contribution in [0.25, 0.3) is 22.3 Å². The highest BCUT2D eigenvalue weighted by atomic mass is 16.3. The lowest BCUT2D eigenvalue weighted by molar-refractivity contribution is 0.475. The fourth-order valence-corrected chi connectivity index (χ4v) is 3.12. The molecule has 4 nitrogen and oxygen atoms in total. The molecule has 0 aliphatic heterocycles. The SMILES string of the molecule is CCCNc1ncc(-c2ccc(O)cc2)c(CC)c1-c1ccc(O)cc1. The second-order valence-electron chi connectivity index (χ2n) is 6.25. The van der Waals surface area contributed by atoms with Crippen molar-refractivity contribution in [2.24, 2.45) is 0 Å². The number of nitrogens with zero attached hydrogens (tertiary/aromatic N) is 1. The number of anilines is 1. The Morgan fingerprint density at radius 3 is 1.96 bits per heavy atom. The molecule has 0 saturated heterocycles. The average Bonchev–Trinajstić information content (AvgIpc) is 2.67. The molecule has 0 radical (unpaired) electrons. The average molecular weight is 348 g/mol. The van der Waals surface area contributed by atoms with Gasteiger partial charge >= 0.3 is 0 Å². The maximum Gasteiger partial charge on any atom is 0.134 e. The first-order chi connectivity index (χ1) is 12.6. The minimum absolute atomic E-state index is 0.248. The zero-order valence-electron chi connectivity index (χ0n) is 15.2. The highest BCUT2D eigenvalue weighted by Crippen LogP contribution is 2.37. The summed E-state index contributed by atoms with van der Waals surface area (Å²) in [6.07, 6.45) is 3.75. The predicted molar refractivity (Wildman–Crippen MR) is 107 cm³/mol. The first-order valence-corrected chi connectivity index (χ1v) is 8.98. The second-order valence-corrected chi connectivity index (χ2v) is 6.25. The summed E-state index contributed by atoms with van der Waals surface area (Å²) in [5.41, 5.74) is 5.35. The van der Waals surface area contributed by atoms with E-state index < -0.39 is 0 Å². The quantitative estimate of drug-likeness (QED) is 0.572.